The minimum Gasteiger partial charge on any atom is -0.237 e. The second kappa shape index (κ2) is 10.4. The maximum absolute atomic E-state index is 4.56. The van der Waals surface area contributed by atoms with Crippen LogP contribution in [0.5, 0.6) is 0 Å². The summed E-state index contributed by atoms with van der Waals surface area (Å²) < 4.78 is 0. The number of rotatable bonds is 8. The molecule has 0 atom stereocenters. The summed E-state index contributed by atoms with van der Waals surface area (Å²) in [6.45, 7) is 4.53. The first-order chi connectivity index (χ1) is 13.3. The topological polar surface area (TPSA) is 25.8 Å². The maximum atomic E-state index is 4.56. The molecule has 1 aromatic heterocycles. The fraction of sp³-hybridized carbons (Fsp3) is 0.520. The van der Waals surface area contributed by atoms with Gasteiger partial charge in [-0.2, -0.15) is 0 Å². The van der Waals surface area contributed by atoms with E-state index in [2.05, 4.69) is 60.2 Å². The molecule has 1 aliphatic rings. The SMILES string of the molecule is CCCCc1ccc(-c2cnc(C=CC3CCC(CCC)CC3)nc2)cc1. The van der Waals surface area contributed by atoms with E-state index in [1.807, 2.05) is 12.4 Å². The Morgan fingerprint density at radius 3 is 2.22 bits per heavy atom. The number of unbranched alkanes of at least 4 members (excludes halogenated alkanes) is 1. The van der Waals surface area contributed by atoms with Gasteiger partial charge in [0.15, 0.2) is 5.82 Å². The van der Waals surface area contributed by atoms with Crippen molar-refractivity contribution >= 4 is 6.08 Å². The van der Waals surface area contributed by atoms with E-state index in [-0.39, 0.29) is 0 Å². The first kappa shape index (κ1) is 19.8. The third-order valence-electron chi connectivity index (χ3n) is 5.88. The van der Waals surface area contributed by atoms with Crippen LogP contribution < -0.4 is 0 Å². The lowest BCUT2D eigenvalue weighted by atomic mass is 9.80. The second-order valence-electron chi connectivity index (χ2n) is 8.06. The molecule has 0 bridgehead atoms. The summed E-state index contributed by atoms with van der Waals surface area (Å²) in [5.41, 5.74) is 3.70. The summed E-state index contributed by atoms with van der Waals surface area (Å²) in [6, 6.07) is 8.84. The van der Waals surface area contributed by atoms with E-state index in [0.717, 1.165) is 23.7 Å². The molecule has 0 spiro atoms. The van der Waals surface area contributed by atoms with E-state index in [1.54, 1.807) is 0 Å². The fourth-order valence-electron chi connectivity index (χ4n) is 4.12. The summed E-state index contributed by atoms with van der Waals surface area (Å²) in [7, 11) is 0. The van der Waals surface area contributed by atoms with Crippen LogP contribution in [-0.4, -0.2) is 9.97 Å². The van der Waals surface area contributed by atoms with Gasteiger partial charge in [-0.3, -0.25) is 0 Å². The zero-order valence-corrected chi connectivity index (χ0v) is 17.0. The lowest BCUT2D eigenvalue weighted by Gasteiger charge is -2.26. The monoisotopic (exact) mass is 362 g/mol. The molecule has 3 rings (SSSR count). The first-order valence-electron chi connectivity index (χ1n) is 10.9. The van der Waals surface area contributed by atoms with Crippen molar-refractivity contribution in [3.05, 3.63) is 54.1 Å². The van der Waals surface area contributed by atoms with Crippen molar-refractivity contribution in [1.82, 2.24) is 9.97 Å². The molecule has 2 heteroatoms. The van der Waals surface area contributed by atoms with Crippen molar-refractivity contribution in [2.75, 3.05) is 0 Å². The van der Waals surface area contributed by atoms with Crippen LogP contribution in [0.15, 0.2) is 42.7 Å². The number of hydrogen-bond acceptors (Lipinski definition) is 2. The lowest BCUT2D eigenvalue weighted by molar-refractivity contribution is 0.295. The highest BCUT2D eigenvalue weighted by Gasteiger charge is 2.18. The molecule has 1 aromatic carbocycles. The molecule has 0 N–H and O–H groups in total. The average molecular weight is 363 g/mol. The van der Waals surface area contributed by atoms with E-state index in [9.17, 15) is 0 Å². The number of allylic oxidation sites excluding steroid dienone is 1. The molecule has 0 amide bonds. The third-order valence-corrected chi connectivity index (χ3v) is 5.88. The normalized spacial score (nSPS) is 20.2. The molecule has 0 aliphatic heterocycles. The third kappa shape index (κ3) is 6.02. The van der Waals surface area contributed by atoms with Crippen molar-refractivity contribution < 1.29 is 0 Å². The van der Waals surface area contributed by atoms with Gasteiger partial charge < -0.3 is 0 Å². The molecule has 1 heterocycles. The van der Waals surface area contributed by atoms with E-state index in [4.69, 9.17) is 0 Å². The van der Waals surface area contributed by atoms with Crippen molar-refractivity contribution in [2.45, 2.75) is 71.6 Å². The predicted octanol–water partition coefficient (Wildman–Crippen LogP) is 7.11. The Kier molecular flexibility index (Phi) is 7.62. The fourth-order valence-corrected chi connectivity index (χ4v) is 4.12. The second-order valence-corrected chi connectivity index (χ2v) is 8.06. The quantitative estimate of drug-likeness (QED) is 0.500. The molecule has 27 heavy (non-hydrogen) atoms. The number of aryl methyl sites for hydroxylation is 1. The van der Waals surface area contributed by atoms with Gasteiger partial charge in [0, 0.05) is 18.0 Å². The van der Waals surface area contributed by atoms with Gasteiger partial charge in [0.2, 0.25) is 0 Å². The van der Waals surface area contributed by atoms with Crippen molar-refractivity contribution in [3.8, 4) is 11.1 Å². The summed E-state index contributed by atoms with van der Waals surface area (Å²) >= 11 is 0. The smallest absolute Gasteiger partial charge is 0.151 e. The summed E-state index contributed by atoms with van der Waals surface area (Å²) in [4.78, 5) is 9.12. The summed E-state index contributed by atoms with van der Waals surface area (Å²) in [6.07, 6.45) is 20.2. The Labute approximate surface area is 165 Å². The Morgan fingerprint density at radius 1 is 0.889 bits per heavy atom. The zero-order chi connectivity index (χ0) is 18.9. The molecule has 144 valence electrons. The highest BCUT2D eigenvalue weighted by atomic mass is 14.8. The highest BCUT2D eigenvalue weighted by Crippen LogP contribution is 2.32. The zero-order valence-electron chi connectivity index (χ0n) is 17.0. The van der Waals surface area contributed by atoms with Crippen LogP contribution in [0.25, 0.3) is 17.2 Å². The molecule has 0 radical (unpaired) electrons. The van der Waals surface area contributed by atoms with Crippen LogP contribution in [0.1, 0.15) is 76.6 Å². The van der Waals surface area contributed by atoms with Gasteiger partial charge in [0.1, 0.15) is 0 Å². The van der Waals surface area contributed by atoms with Crippen LogP contribution in [0, 0.1) is 11.8 Å². The predicted molar refractivity (Wildman–Crippen MR) is 115 cm³/mol. The van der Waals surface area contributed by atoms with E-state index in [1.165, 1.54) is 62.5 Å². The van der Waals surface area contributed by atoms with Crippen LogP contribution in [0.3, 0.4) is 0 Å². The van der Waals surface area contributed by atoms with Crippen molar-refractivity contribution in [1.29, 1.82) is 0 Å². The van der Waals surface area contributed by atoms with E-state index >= 15 is 0 Å². The standard InChI is InChI=1S/C25H34N2/c1-3-5-7-21-12-15-23(16-13-21)24-18-26-25(27-19-24)17-14-22-10-8-20(6-4-2)9-11-22/h12-20,22H,3-11H2,1-2H3. The van der Waals surface area contributed by atoms with E-state index < -0.39 is 0 Å². The molecular weight excluding hydrogens is 328 g/mol. The average Bonchev–Trinajstić information content (AvgIpc) is 2.73. The van der Waals surface area contributed by atoms with E-state index in [0.29, 0.717) is 5.92 Å². The van der Waals surface area contributed by atoms with Gasteiger partial charge in [-0.15, -0.1) is 0 Å². The van der Waals surface area contributed by atoms with Gasteiger partial charge in [-0.1, -0.05) is 63.5 Å². The molecule has 0 unspecified atom stereocenters. The largest absolute Gasteiger partial charge is 0.237 e. The Hall–Kier alpha value is -1.96. The number of nitrogens with zero attached hydrogens (tertiary/aromatic N) is 2. The Balaban J connectivity index is 1.54. The lowest BCUT2D eigenvalue weighted by Crippen LogP contribution is -2.12. The summed E-state index contributed by atoms with van der Waals surface area (Å²) in [5.74, 6) is 2.49. The number of hydrogen-bond donors (Lipinski definition) is 0. The first-order valence-corrected chi connectivity index (χ1v) is 10.9. The maximum Gasteiger partial charge on any atom is 0.151 e. The minimum absolute atomic E-state index is 0.706. The molecule has 1 saturated carbocycles. The van der Waals surface area contributed by atoms with Gasteiger partial charge in [0.25, 0.3) is 0 Å². The molecule has 0 saturated heterocycles. The molecule has 2 nitrogen and oxygen atoms in total. The summed E-state index contributed by atoms with van der Waals surface area (Å²) in [5, 5.41) is 0. The highest BCUT2D eigenvalue weighted by molar-refractivity contribution is 5.62. The number of aromatic nitrogens is 2. The van der Waals surface area contributed by atoms with Gasteiger partial charge in [-0.25, -0.2) is 9.97 Å². The van der Waals surface area contributed by atoms with Crippen LogP contribution in [0.2, 0.25) is 0 Å². The van der Waals surface area contributed by atoms with Crippen molar-refractivity contribution in [3.63, 3.8) is 0 Å². The Bertz CT molecular complexity index is 692. The van der Waals surface area contributed by atoms with Crippen molar-refractivity contribution in [2.24, 2.45) is 11.8 Å². The van der Waals surface area contributed by atoms with Crippen LogP contribution in [-0.2, 0) is 6.42 Å². The van der Waals surface area contributed by atoms with Gasteiger partial charge in [0.05, 0.1) is 0 Å². The molecule has 1 fully saturated rings. The molecule has 1 aliphatic carbocycles. The molecule has 2 aromatic rings. The molecular formula is C25H34N2. The Morgan fingerprint density at radius 2 is 1.59 bits per heavy atom. The number of benzene rings is 1. The van der Waals surface area contributed by atoms with Crippen LogP contribution in [0.4, 0.5) is 0 Å². The van der Waals surface area contributed by atoms with Gasteiger partial charge >= 0.3 is 0 Å². The van der Waals surface area contributed by atoms with Crippen LogP contribution >= 0.6 is 0 Å². The minimum atomic E-state index is 0.706. The van der Waals surface area contributed by atoms with Gasteiger partial charge in [-0.05, 0) is 67.6 Å².